The zero-order valence-electron chi connectivity index (χ0n) is 13.3. The molecule has 11 heteroatoms. The summed E-state index contributed by atoms with van der Waals surface area (Å²) in [4.78, 5) is 41.1. The number of halogens is 3. The van der Waals surface area contributed by atoms with Gasteiger partial charge in [-0.3, -0.25) is 19.0 Å². The third kappa shape index (κ3) is 3.43. The first kappa shape index (κ1) is 18.4. The predicted octanol–water partition coefficient (Wildman–Crippen LogP) is 1.57. The molecule has 0 bridgehead atoms. The highest BCUT2D eigenvalue weighted by molar-refractivity contribution is 7.16. The quantitative estimate of drug-likeness (QED) is 0.857. The number of nitrogens with zero attached hydrogens (tertiary/aromatic N) is 3. The molecule has 2 atom stereocenters. The minimum absolute atomic E-state index is 0.0403. The topological polar surface area (TPSA) is 92.5 Å². The Morgan fingerprint density at radius 3 is 2.69 bits per heavy atom. The maximum Gasteiger partial charge on any atom is 0.394 e. The lowest BCUT2D eigenvalue weighted by Crippen LogP contribution is -2.34. The average molecular weight is 389 g/mol. The number of carbonyl (C=O) groups is 2. The van der Waals surface area contributed by atoms with E-state index in [1.54, 1.807) is 11.4 Å². The van der Waals surface area contributed by atoms with Crippen LogP contribution in [-0.2, 0) is 16.1 Å². The van der Waals surface area contributed by atoms with E-state index in [0.29, 0.717) is 10.2 Å². The number of alkyl halides is 3. The molecule has 0 spiro atoms. The van der Waals surface area contributed by atoms with Gasteiger partial charge in [0.1, 0.15) is 4.83 Å². The summed E-state index contributed by atoms with van der Waals surface area (Å²) in [6.07, 6.45) is -3.62. The molecule has 1 saturated heterocycles. The molecular formula is C15H14F3N3O4S. The van der Waals surface area contributed by atoms with Crippen molar-refractivity contribution in [3.63, 3.8) is 0 Å². The number of rotatable bonds is 4. The van der Waals surface area contributed by atoms with Crippen molar-refractivity contribution in [1.29, 1.82) is 0 Å². The Labute approximate surface area is 148 Å². The Morgan fingerprint density at radius 1 is 1.35 bits per heavy atom. The van der Waals surface area contributed by atoms with Crippen molar-refractivity contribution in [2.75, 3.05) is 13.1 Å². The smallest absolute Gasteiger partial charge is 0.394 e. The van der Waals surface area contributed by atoms with Crippen molar-refractivity contribution in [1.82, 2.24) is 14.5 Å². The van der Waals surface area contributed by atoms with Crippen molar-refractivity contribution < 1.29 is 27.9 Å². The normalized spacial score (nSPS) is 20.7. The number of carbonyl (C=O) groups excluding carboxylic acids is 1. The van der Waals surface area contributed by atoms with Crippen molar-refractivity contribution in [2.24, 2.45) is 11.8 Å². The first-order chi connectivity index (χ1) is 12.2. The third-order valence-electron chi connectivity index (χ3n) is 4.43. The molecule has 0 radical (unpaired) electrons. The van der Waals surface area contributed by atoms with Crippen molar-refractivity contribution in [3.8, 4) is 0 Å². The number of aliphatic carboxylic acids is 1. The molecule has 26 heavy (non-hydrogen) atoms. The van der Waals surface area contributed by atoms with Crippen LogP contribution in [0, 0.1) is 11.8 Å². The van der Waals surface area contributed by atoms with Gasteiger partial charge in [0.25, 0.3) is 5.56 Å². The van der Waals surface area contributed by atoms with Crippen molar-refractivity contribution in [2.45, 2.75) is 19.1 Å². The van der Waals surface area contributed by atoms with Gasteiger partial charge >= 0.3 is 12.1 Å². The summed E-state index contributed by atoms with van der Waals surface area (Å²) in [6, 6.07) is 1.61. The molecular weight excluding hydrogens is 375 g/mol. The van der Waals surface area contributed by atoms with Crippen LogP contribution in [0.1, 0.15) is 6.42 Å². The van der Waals surface area contributed by atoms with Gasteiger partial charge in [-0.25, -0.2) is 4.98 Å². The minimum Gasteiger partial charge on any atom is -0.481 e. The number of aromatic nitrogens is 2. The van der Waals surface area contributed by atoms with E-state index in [9.17, 15) is 27.6 Å². The van der Waals surface area contributed by atoms with Gasteiger partial charge in [0.2, 0.25) is 5.91 Å². The molecule has 2 aromatic rings. The number of likely N-dealkylation sites (tertiary alicyclic amines) is 1. The lowest BCUT2D eigenvalue weighted by atomic mass is 9.96. The zero-order chi connectivity index (χ0) is 19.1. The van der Waals surface area contributed by atoms with Gasteiger partial charge in [-0.1, -0.05) is 0 Å². The molecule has 3 rings (SSSR count). The third-order valence-corrected chi connectivity index (χ3v) is 5.25. The fourth-order valence-electron chi connectivity index (χ4n) is 3.02. The first-order valence-electron chi connectivity index (χ1n) is 7.68. The molecule has 1 fully saturated rings. The zero-order valence-corrected chi connectivity index (χ0v) is 14.1. The number of carboxylic acid groups (broad SMARTS) is 1. The van der Waals surface area contributed by atoms with E-state index in [-0.39, 0.29) is 18.5 Å². The van der Waals surface area contributed by atoms with E-state index in [1.807, 2.05) is 0 Å². The molecule has 1 aliphatic heterocycles. The summed E-state index contributed by atoms with van der Waals surface area (Å²) in [5.74, 6) is -5.97. The Morgan fingerprint density at radius 2 is 2.08 bits per heavy atom. The van der Waals surface area contributed by atoms with E-state index < -0.39 is 43.0 Å². The Bertz CT molecular complexity index is 907. The summed E-state index contributed by atoms with van der Waals surface area (Å²) >= 11 is 1.30. The molecule has 0 aliphatic carbocycles. The Kier molecular flexibility index (Phi) is 4.74. The van der Waals surface area contributed by atoms with Gasteiger partial charge in [0, 0.05) is 26.1 Å². The lowest BCUT2D eigenvalue weighted by Gasteiger charge is -2.18. The summed E-state index contributed by atoms with van der Waals surface area (Å²) in [6.45, 7) is -1.22. The van der Waals surface area contributed by atoms with Gasteiger partial charge in [0.05, 0.1) is 23.5 Å². The molecule has 1 aliphatic rings. The van der Waals surface area contributed by atoms with Gasteiger partial charge in [-0.05, 0) is 11.4 Å². The van der Waals surface area contributed by atoms with Crippen LogP contribution in [0.3, 0.4) is 0 Å². The summed E-state index contributed by atoms with van der Waals surface area (Å²) < 4.78 is 40.1. The summed E-state index contributed by atoms with van der Waals surface area (Å²) in [5.41, 5.74) is -0.331. The highest BCUT2D eigenvalue weighted by atomic mass is 32.1. The molecule has 3 heterocycles. The van der Waals surface area contributed by atoms with Crippen LogP contribution in [0.25, 0.3) is 10.2 Å². The van der Waals surface area contributed by atoms with Gasteiger partial charge in [-0.2, -0.15) is 13.2 Å². The van der Waals surface area contributed by atoms with Crippen LogP contribution >= 0.6 is 11.3 Å². The second kappa shape index (κ2) is 6.71. The van der Waals surface area contributed by atoms with Gasteiger partial charge in [-0.15, -0.1) is 11.3 Å². The van der Waals surface area contributed by atoms with E-state index >= 15 is 0 Å². The Balaban J connectivity index is 1.69. The number of fused-ring (bicyclic) bond motifs is 1. The van der Waals surface area contributed by atoms with Crippen molar-refractivity contribution >= 4 is 33.4 Å². The monoisotopic (exact) mass is 389 g/mol. The highest BCUT2D eigenvalue weighted by Gasteiger charge is 2.53. The lowest BCUT2D eigenvalue weighted by molar-refractivity contribution is -0.188. The van der Waals surface area contributed by atoms with E-state index in [2.05, 4.69) is 4.98 Å². The van der Waals surface area contributed by atoms with Crippen LogP contribution in [0.2, 0.25) is 0 Å². The van der Waals surface area contributed by atoms with E-state index in [1.165, 1.54) is 22.2 Å². The molecule has 0 unspecified atom stereocenters. The highest BCUT2D eigenvalue weighted by Crippen LogP contribution is 2.37. The first-order valence-corrected chi connectivity index (χ1v) is 8.56. The van der Waals surface area contributed by atoms with Crippen molar-refractivity contribution in [3.05, 3.63) is 28.1 Å². The average Bonchev–Trinajstić information content (AvgIpc) is 3.20. The molecule has 1 amide bonds. The Hall–Kier alpha value is -2.43. The molecule has 1 N–H and O–H groups in total. The number of aryl methyl sites for hydroxylation is 1. The molecule has 140 valence electrons. The summed E-state index contributed by atoms with van der Waals surface area (Å²) in [5, 5.41) is 11.1. The molecule has 7 nitrogen and oxygen atoms in total. The summed E-state index contributed by atoms with van der Waals surface area (Å²) in [7, 11) is 0. The van der Waals surface area contributed by atoms with Crippen LogP contribution in [-0.4, -0.2) is 50.7 Å². The largest absolute Gasteiger partial charge is 0.481 e. The maximum absolute atomic E-state index is 13.0. The number of thiophene rings is 1. The van der Waals surface area contributed by atoms with Crippen LogP contribution in [0.4, 0.5) is 13.2 Å². The number of hydrogen-bond acceptors (Lipinski definition) is 5. The second-order valence-corrected chi connectivity index (χ2v) is 6.92. The van der Waals surface area contributed by atoms with Crippen LogP contribution < -0.4 is 5.56 Å². The van der Waals surface area contributed by atoms with E-state index in [4.69, 9.17) is 5.11 Å². The number of amides is 1. The van der Waals surface area contributed by atoms with Crippen LogP contribution in [0.15, 0.2) is 22.6 Å². The van der Waals surface area contributed by atoms with E-state index in [0.717, 1.165) is 4.90 Å². The van der Waals surface area contributed by atoms with Gasteiger partial charge < -0.3 is 10.0 Å². The predicted molar refractivity (Wildman–Crippen MR) is 85.7 cm³/mol. The number of hydrogen-bond donors (Lipinski definition) is 1. The molecule has 0 aromatic carbocycles. The molecule has 0 saturated carbocycles. The maximum atomic E-state index is 13.0. The second-order valence-electron chi connectivity index (χ2n) is 6.02. The van der Waals surface area contributed by atoms with Crippen LogP contribution in [0.5, 0.6) is 0 Å². The fraction of sp³-hybridized carbons (Fsp3) is 0.467. The van der Waals surface area contributed by atoms with Gasteiger partial charge in [0.15, 0.2) is 0 Å². The fourth-order valence-corrected chi connectivity index (χ4v) is 3.74. The molecule has 2 aromatic heterocycles. The standard InChI is InChI=1S/C15H14F3N3O4S/c16-15(17,18)10-6-21(5-9(10)14(24)25)11(22)1-3-20-7-19-12-8(13(20)23)2-4-26-12/h2,4,7,9-10H,1,3,5-6H2,(H,24,25)/t9-,10-/m1/s1. The number of carboxylic acids is 1. The SMILES string of the molecule is O=C(O)[C@@H]1CN(C(=O)CCn2cnc3sccc3c2=O)C[C@H]1C(F)(F)F. The minimum atomic E-state index is -4.69.